The highest BCUT2D eigenvalue weighted by atomic mass is 16.5. The molecule has 0 amide bonds. The largest absolute Gasteiger partial charge is 0.457 e. The maximum absolute atomic E-state index is 8.97. The molecule has 0 saturated carbocycles. The van der Waals surface area contributed by atoms with Crippen molar-refractivity contribution in [2.45, 2.75) is 32.2 Å². The van der Waals surface area contributed by atoms with Gasteiger partial charge in [-0.1, -0.05) is 24.3 Å². The van der Waals surface area contributed by atoms with Crippen molar-refractivity contribution in [1.29, 1.82) is 5.26 Å². The molecule has 0 aliphatic carbocycles. The van der Waals surface area contributed by atoms with Gasteiger partial charge in [0.15, 0.2) is 0 Å². The molecule has 0 spiro atoms. The van der Waals surface area contributed by atoms with Crippen molar-refractivity contribution in [1.82, 2.24) is 0 Å². The molecule has 1 unspecified atom stereocenters. The Kier molecular flexibility index (Phi) is 4.29. The first kappa shape index (κ1) is 14.5. The van der Waals surface area contributed by atoms with Crippen molar-refractivity contribution in [3.05, 3.63) is 54.1 Å². The lowest BCUT2D eigenvalue weighted by molar-refractivity contribution is 0.478. The smallest absolute Gasteiger partial charge is 0.130 e. The zero-order valence-corrected chi connectivity index (χ0v) is 12.8. The maximum Gasteiger partial charge on any atom is 0.130 e. The average Bonchev–Trinajstić information content (AvgIpc) is 2.99. The third kappa shape index (κ3) is 3.07. The summed E-state index contributed by atoms with van der Waals surface area (Å²) in [6.07, 6.45) is 2.83. The van der Waals surface area contributed by atoms with Gasteiger partial charge in [0.25, 0.3) is 0 Å². The van der Waals surface area contributed by atoms with E-state index in [1.807, 2.05) is 43.3 Å². The number of hydrogen-bond acceptors (Lipinski definition) is 3. The second-order valence-electron chi connectivity index (χ2n) is 5.72. The van der Waals surface area contributed by atoms with Crippen LogP contribution in [0.2, 0.25) is 0 Å². The summed E-state index contributed by atoms with van der Waals surface area (Å²) >= 11 is 0. The Hall–Kier alpha value is -2.47. The van der Waals surface area contributed by atoms with Gasteiger partial charge in [-0.2, -0.15) is 5.26 Å². The minimum atomic E-state index is 0.332. The lowest BCUT2D eigenvalue weighted by Crippen LogP contribution is -2.28. The van der Waals surface area contributed by atoms with E-state index < -0.39 is 0 Å². The van der Waals surface area contributed by atoms with Crippen LogP contribution in [0, 0.1) is 18.3 Å². The molecule has 0 radical (unpaired) electrons. The number of para-hydroxylation sites is 1. The summed E-state index contributed by atoms with van der Waals surface area (Å²) in [5.41, 5.74) is 2.26. The Morgan fingerprint density at radius 3 is 2.91 bits per heavy atom. The molecule has 3 rings (SSSR count). The molecule has 1 fully saturated rings. The molecule has 1 heterocycles. The van der Waals surface area contributed by atoms with Crippen molar-refractivity contribution in [2.24, 2.45) is 0 Å². The van der Waals surface area contributed by atoms with Crippen LogP contribution in [0.4, 0.5) is 5.69 Å². The van der Waals surface area contributed by atoms with Gasteiger partial charge in [-0.05, 0) is 43.5 Å². The summed E-state index contributed by atoms with van der Waals surface area (Å²) in [5, 5.41) is 8.97. The Morgan fingerprint density at radius 1 is 1.23 bits per heavy atom. The molecule has 3 heteroatoms. The lowest BCUT2D eigenvalue weighted by atomic mass is 10.1. The van der Waals surface area contributed by atoms with E-state index in [1.54, 1.807) is 0 Å². The predicted molar refractivity (Wildman–Crippen MR) is 88.3 cm³/mol. The Balaban J connectivity index is 1.81. The van der Waals surface area contributed by atoms with Gasteiger partial charge >= 0.3 is 0 Å². The zero-order chi connectivity index (χ0) is 15.4. The highest BCUT2D eigenvalue weighted by Crippen LogP contribution is 2.32. The van der Waals surface area contributed by atoms with Crippen LogP contribution in [0.3, 0.4) is 0 Å². The first-order valence-electron chi connectivity index (χ1n) is 7.75. The highest BCUT2D eigenvalue weighted by molar-refractivity contribution is 5.53. The minimum absolute atomic E-state index is 0.332. The second-order valence-corrected chi connectivity index (χ2v) is 5.72. The van der Waals surface area contributed by atoms with E-state index in [2.05, 4.69) is 23.1 Å². The van der Waals surface area contributed by atoms with Crippen LogP contribution in [0.15, 0.2) is 48.5 Å². The fourth-order valence-corrected chi connectivity index (χ4v) is 3.02. The molecule has 22 heavy (non-hydrogen) atoms. The third-order valence-corrected chi connectivity index (χ3v) is 4.17. The SMILES string of the molecule is Cc1ccccc1Oc1cccc(N2CCCC2CC#N)c1. The standard InChI is InChI=1S/C19H20N2O/c1-15-6-2-3-10-19(15)22-18-9-4-7-17(14-18)21-13-5-8-16(21)11-12-20/h2-4,6-7,9-10,14,16H,5,8,11,13H2,1H3. The zero-order valence-electron chi connectivity index (χ0n) is 12.8. The Bertz CT molecular complexity index is 690. The number of nitrogens with zero attached hydrogens (tertiary/aromatic N) is 2. The van der Waals surface area contributed by atoms with Crippen molar-refractivity contribution in [3.63, 3.8) is 0 Å². The number of ether oxygens (including phenoxy) is 1. The number of benzene rings is 2. The fourth-order valence-electron chi connectivity index (χ4n) is 3.02. The first-order valence-corrected chi connectivity index (χ1v) is 7.75. The number of nitriles is 1. The van der Waals surface area contributed by atoms with Gasteiger partial charge in [0.2, 0.25) is 0 Å². The molecule has 3 nitrogen and oxygen atoms in total. The number of aryl methyl sites for hydroxylation is 1. The van der Waals surface area contributed by atoms with E-state index in [0.29, 0.717) is 12.5 Å². The van der Waals surface area contributed by atoms with E-state index in [9.17, 15) is 0 Å². The molecule has 1 saturated heterocycles. The maximum atomic E-state index is 8.97. The average molecular weight is 292 g/mol. The lowest BCUT2D eigenvalue weighted by Gasteiger charge is -2.25. The quantitative estimate of drug-likeness (QED) is 0.821. The van der Waals surface area contributed by atoms with Crippen LogP contribution in [-0.2, 0) is 0 Å². The van der Waals surface area contributed by atoms with E-state index in [0.717, 1.165) is 42.1 Å². The molecular formula is C19H20N2O. The molecular weight excluding hydrogens is 272 g/mol. The molecule has 1 atom stereocenters. The topological polar surface area (TPSA) is 36.3 Å². The molecule has 2 aromatic rings. The number of anilines is 1. The van der Waals surface area contributed by atoms with E-state index in [4.69, 9.17) is 10.00 Å². The number of rotatable bonds is 4. The summed E-state index contributed by atoms with van der Waals surface area (Å²) in [6, 6.07) is 18.8. The second kappa shape index (κ2) is 6.53. The van der Waals surface area contributed by atoms with Crippen LogP contribution in [0.5, 0.6) is 11.5 Å². The summed E-state index contributed by atoms with van der Waals surface area (Å²) in [6.45, 7) is 3.06. The molecule has 1 aliphatic heterocycles. The number of hydrogen-bond donors (Lipinski definition) is 0. The van der Waals surface area contributed by atoms with Crippen molar-refractivity contribution in [2.75, 3.05) is 11.4 Å². The van der Waals surface area contributed by atoms with Crippen LogP contribution >= 0.6 is 0 Å². The van der Waals surface area contributed by atoms with Gasteiger partial charge in [-0.25, -0.2) is 0 Å². The molecule has 2 aromatic carbocycles. The van der Waals surface area contributed by atoms with Crippen molar-refractivity contribution >= 4 is 5.69 Å². The van der Waals surface area contributed by atoms with Gasteiger partial charge in [0, 0.05) is 24.3 Å². The van der Waals surface area contributed by atoms with Crippen molar-refractivity contribution in [3.8, 4) is 17.6 Å². The Labute approximate surface area is 131 Å². The molecule has 112 valence electrons. The van der Waals surface area contributed by atoms with Gasteiger partial charge in [-0.15, -0.1) is 0 Å². The summed E-state index contributed by atoms with van der Waals surface area (Å²) in [4.78, 5) is 2.33. The molecule has 0 bridgehead atoms. The summed E-state index contributed by atoms with van der Waals surface area (Å²) < 4.78 is 6.01. The monoisotopic (exact) mass is 292 g/mol. The molecule has 0 N–H and O–H groups in total. The van der Waals surface area contributed by atoms with Gasteiger partial charge in [-0.3, -0.25) is 0 Å². The summed E-state index contributed by atoms with van der Waals surface area (Å²) in [7, 11) is 0. The van der Waals surface area contributed by atoms with Crippen molar-refractivity contribution < 1.29 is 4.74 Å². The van der Waals surface area contributed by atoms with Crippen LogP contribution < -0.4 is 9.64 Å². The van der Waals surface area contributed by atoms with Gasteiger partial charge in [0.1, 0.15) is 11.5 Å². The predicted octanol–water partition coefficient (Wildman–Crippen LogP) is 4.67. The molecule has 1 aliphatic rings. The third-order valence-electron chi connectivity index (χ3n) is 4.17. The normalized spacial score (nSPS) is 17.3. The van der Waals surface area contributed by atoms with Crippen LogP contribution in [0.1, 0.15) is 24.8 Å². The highest BCUT2D eigenvalue weighted by Gasteiger charge is 2.24. The van der Waals surface area contributed by atoms with Crippen LogP contribution in [-0.4, -0.2) is 12.6 Å². The molecule has 0 aromatic heterocycles. The fraction of sp³-hybridized carbons (Fsp3) is 0.316. The summed E-state index contributed by atoms with van der Waals surface area (Å²) in [5.74, 6) is 1.73. The minimum Gasteiger partial charge on any atom is -0.457 e. The van der Waals surface area contributed by atoms with E-state index in [1.165, 1.54) is 0 Å². The van der Waals surface area contributed by atoms with Gasteiger partial charge in [0.05, 0.1) is 12.5 Å². The van der Waals surface area contributed by atoms with E-state index >= 15 is 0 Å². The first-order chi connectivity index (χ1) is 10.8. The van der Waals surface area contributed by atoms with Crippen LogP contribution in [0.25, 0.3) is 0 Å². The van der Waals surface area contributed by atoms with Gasteiger partial charge < -0.3 is 9.64 Å². The van der Waals surface area contributed by atoms with E-state index in [-0.39, 0.29) is 0 Å². The Morgan fingerprint density at radius 2 is 2.09 bits per heavy atom.